The van der Waals surface area contributed by atoms with Crippen molar-refractivity contribution in [1.82, 2.24) is 10.7 Å². The minimum Gasteiger partial charge on any atom is -0.497 e. The lowest BCUT2D eigenvalue weighted by atomic mass is 9.99. The molecule has 0 aliphatic carbocycles. The third kappa shape index (κ3) is 5.14. The van der Waals surface area contributed by atoms with Crippen LogP contribution in [0.4, 0.5) is 0 Å². The SMILES string of the molecule is COc1ccc([C@@H]2[C@@H](NC(=O)c3ccc(Cl)cc3)C(=O)N/[N+]2=C\c2ccc(Cl)cc2Cl)cc1. The summed E-state index contributed by atoms with van der Waals surface area (Å²) in [4.78, 5) is 25.8. The second-order valence-electron chi connectivity index (χ2n) is 7.35. The molecule has 3 aromatic rings. The maximum atomic E-state index is 13.0. The van der Waals surface area contributed by atoms with Gasteiger partial charge in [0.25, 0.3) is 5.91 Å². The predicted molar refractivity (Wildman–Crippen MR) is 128 cm³/mol. The van der Waals surface area contributed by atoms with Crippen LogP contribution in [-0.4, -0.2) is 35.9 Å². The minimum absolute atomic E-state index is 0.362. The number of rotatable bonds is 5. The number of ether oxygens (including phenoxy) is 1. The average molecular weight is 504 g/mol. The van der Waals surface area contributed by atoms with Crippen molar-refractivity contribution in [2.75, 3.05) is 7.11 Å². The zero-order valence-electron chi connectivity index (χ0n) is 17.4. The van der Waals surface area contributed by atoms with Crippen LogP contribution in [0.5, 0.6) is 5.75 Å². The van der Waals surface area contributed by atoms with E-state index in [-0.39, 0.29) is 5.91 Å². The van der Waals surface area contributed by atoms with Gasteiger partial charge in [0.05, 0.1) is 17.7 Å². The van der Waals surface area contributed by atoms with Crippen LogP contribution in [0.1, 0.15) is 27.5 Å². The fraction of sp³-hybridized carbons (Fsp3) is 0.125. The molecule has 0 bridgehead atoms. The number of benzene rings is 3. The topological polar surface area (TPSA) is 70.4 Å². The van der Waals surface area contributed by atoms with Gasteiger partial charge in [-0.25, -0.2) is 0 Å². The summed E-state index contributed by atoms with van der Waals surface area (Å²) in [7, 11) is 1.58. The second-order valence-corrected chi connectivity index (χ2v) is 8.63. The van der Waals surface area contributed by atoms with Crippen LogP contribution >= 0.6 is 34.8 Å². The molecule has 2 N–H and O–H groups in total. The number of nitrogens with zero attached hydrogens (tertiary/aromatic N) is 1. The number of methoxy groups -OCH3 is 1. The van der Waals surface area contributed by atoms with Crippen molar-refractivity contribution in [2.24, 2.45) is 0 Å². The maximum absolute atomic E-state index is 13.0. The molecule has 4 rings (SSSR count). The first-order chi connectivity index (χ1) is 15.9. The van der Waals surface area contributed by atoms with Gasteiger partial charge < -0.3 is 10.1 Å². The van der Waals surface area contributed by atoms with Crippen LogP contribution in [0.2, 0.25) is 15.1 Å². The number of hydrazine groups is 1. The van der Waals surface area contributed by atoms with Gasteiger partial charge in [-0.05, 0) is 66.7 Å². The molecule has 6 nitrogen and oxygen atoms in total. The normalized spacial score (nSPS) is 18.8. The molecule has 0 aromatic heterocycles. The van der Waals surface area contributed by atoms with Gasteiger partial charge in [0.1, 0.15) is 5.75 Å². The molecule has 168 valence electrons. The zero-order valence-corrected chi connectivity index (χ0v) is 19.7. The Balaban J connectivity index is 1.72. The Morgan fingerprint density at radius 2 is 1.67 bits per heavy atom. The van der Waals surface area contributed by atoms with Crippen molar-refractivity contribution in [3.8, 4) is 5.75 Å². The van der Waals surface area contributed by atoms with E-state index in [0.29, 0.717) is 31.9 Å². The molecule has 0 unspecified atom stereocenters. The molecule has 1 heterocycles. The third-order valence-corrected chi connectivity index (χ3v) is 6.04. The summed E-state index contributed by atoms with van der Waals surface area (Å²) in [6, 6.07) is 17.4. The van der Waals surface area contributed by atoms with Crippen molar-refractivity contribution < 1.29 is 19.0 Å². The van der Waals surface area contributed by atoms with Crippen LogP contribution in [-0.2, 0) is 4.79 Å². The van der Waals surface area contributed by atoms with E-state index in [1.54, 1.807) is 72.6 Å². The van der Waals surface area contributed by atoms with E-state index in [1.807, 2.05) is 12.1 Å². The number of amides is 2. The van der Waals surface area contributed by atoms with Gasteiger partial charge in [-0.15, -0.1) is 10.1 Å². The lowest BCUT2D eigenvalue weighted by Crippen LogP contribution is -2.42. The van der Waals surface area contributed by atoms with Gasteiger partial charge in [-0.1, -0.05) is 34.8 Å². The average Bonchev–Trinajstić information content (AvgIpc) is 3.10. The van der Waals surface area contributed by atoms with Crippen LogP contribution in [0.3, 0.4) is 0 Å². The molecule has 33 heavy (non-hydrogen) atoms. The summed E-state index contributed by atoms with van der Waals surface area (Å²) in [5.41, 5.74) is 4.66. The smallest absolute Gasteiger partial charge is 0.304 e. The quantitative estimate of drug-likeness (QED) is 0.497. The molecular formula is C24H19Cl3N3O3+. The number of nitrogens with one attached hydrogen (secondary N) is 2. The van der Waals surface area contributed by atoms with Gasteiger partial charge >= 0.3 is 5.91 Å². The van der Waals surface area contributed by atoms with E-state index in [9.17, 15) is 9.59 Å². The highest BCUT2D eigenvalue weighted by Crippen LogP contribution is 2.28. The Labute approximate surface area is 205 Å². The molecule has 1 aliphatic heterocycles. The van der Waals surface area contributed by atoms with Crippen LogP contribution in [0.15, 0.2) is 66.7 Å². The van der Waals surface area contributed by atoms with E-state index in [2.05, 4.69) is 10.7 Å². The predicted octanol–water partition coefficient (Wildman–Crippen LogP) is 4.67. The van der Waals surface area contributed by atoms with Crippen LogP contribution in [0, 0.1) is 0 Å². The number of hydrogen-bond donors (Lipinski definition) is 2. The van der Waals surface area contributed by atoms with Gasteiger partial charge in [-0.2, -0.15) is 0 Å². The molecule has 2 atom stereocenters. The first kappa shape index (κ1) is 23.1. The Morgan fingerprint density at radius 3 is 2.30 bits per heavy atom. The number of hydrogen-bond acceptors (Lipinski definition) is 3. The number of carbonyl (C=O) groups is 2. The first-order valence-electron chi connectivity index (χ1n) is 9.95. The molecule has 0 saturated carbocycles. The highest BCUT2D eigenvalue weighted by Gasteiger charge is 2.47. The zero-order chi connectivity index (χ0) is 23.5. The molecule has 3 aromatic carbocycles. The minimum atomic E-state index is -0.871. The summed E-state index contributed by atoms with van der Waals surface area (Å²) in [6.07, 6.45) is 1.71. The van der Waals surface area contributed by atoms with Gasteiger partial charge in [0, 0.05) is 21.2 Å². The van der Waals surface area contributed by atoms with Crippen molar-refractivity contribution in [2.45, 2.75) is 12.1 Å². The number of carbonyl (C=O) groups excluding carboxylic acids is 2. The van der Waals surface area contributed by atoms with E-state index in [0.717, 1.165) is 5.56 Å². The number of hydrazone groups is 1. The number of halogens is 3. The Kier molecular flexibility index (Phi) is 6.88. The molecular weight excluding hydrogens is 485 g/mol. The Hall–Kier alpha value is -3.06. The second kappa shape index (κ2) is 9.83. The largest absolute Gasteiger partial charge is 0.497 e. The molecule has 2 amide bonds. The monoisotopic (exact) mass is 502 g/mol. The summed E-state index contributed by atoms with van der Waals surface area (Å²) in [6.45, 7) is 0. The maximum Gasteiger partial charge on any atom is 0.304 e. The van der Waals surface area contributed by atoms with Crippen LogP contribution in [0.25, 0.3) is 0 Å². The standard InChI is InChI=1S/C24H18Cl3N3O3/c1-33-19-10-5-14(6-11-19)22-21(28-23(31)15-2-7-17(25)8-3-15)24(32)29-30(22)13-16-4-9-18(26)12-20(16)27/h2-13,21-22H,1H3,(H-,28,29,31,32)/p+1/b30-13-/t21-,22-/m1/s1. The van der Waals surface area contributed by atoms with Crippen molar-refractivity contribution >= 4 is 52.8 Å². The van der Waals surface area contributed by atoms with Crippen LogP contribution < -0.4 is 15.5 Å². The van der Waals surface area contributed by atoms with Gasteiger partial charge in [0.2, 0.25) is 12.3 Å². The lowest BCUT2D eigenvalue weighted by Gasteiger charge is -2.15. The van der Waals surface area contributed by atoms with Crippen molar-refractivity contribution in [3.63, 3.8) is 0 Å². The van der Waals surface area contributed by atoms with Crippen molar-refractivity contribution in [3.05, 3.63) is 98.5 Å². The van der Waals surface area contributed by atoms with E-state index >= 15 is 0 Å². The summed E-state index contributed by atoms with van der Waals surface area (Å²) >= 11 is 18.3. The summed E-state index contributed by atoms with van der Waals surface area (Å²) in [5.74, 6) is -0.0785. The molecule has 1 aliphatic rings. The van der Waals surface area contributed by atoms with E-state index < -0.39 is 18.0 Å². The molecule has 1 fully saturated rings. The third-order valence-electron chi connectivity index (χ3n) is 5.23. The first-order valence-corrected chi connectivity index (χ1v) is 11.1. The van der Waals surface area contributed by atoms with E-state index in [4.69, 9.17) is 39.5 Å². The van der Waals surface area contributed by atoms with E-state index in [1.165, 1.54) is 0 Å². The molecule has 0 spiro atoms. The highest BCUT2D eigenvalue weighted by molar-refractivity contribution is 6.36. The molecule has 1 saturated heterocycles. The Bertz CT molecular complexity index is 1230. The summed E-state index contributed by atoms with van der Waals surface area (Å²) in [5, 5.41) is 4.29. The lowest BCUT2D eigenvalue weighted by molar-refractivity contribution is -0.596. The van der Waals surface area contributed by atoms with Crippen molar-refractivity contribution in [1.29, 1.82) is 0 Å². The summed E-state index contributed by atoms with van der Waals surface area (Å²) < 4.78 is 6.88. The fourth-order valence-corrected chi connectivity index (χ4v) is 4.15. The Morgan fingerprint density at radius 1 is 1.00 bits per heavy atom. The molecule has 9 heteroatoms. The fourth-order valence-electron chi connectivity index (χ4n) is 3.56. The highest BCUT2D eigenvalue weighted by atomic mass is 35.5. The van der Waals surface area contributed by atoms with Gasteiger partial charge in [-0.3, -0.25) is 9.59 Å². The molecule has 0 radical (unpaired) electrons. The van der Waals surface area contributed by atoms with Gasteiger partial charge in [0.15, 0.2) is 6.04 Å².